The molecule has 1 fully saturated rings. The number of hydrogen-bond donors (Lipinski definition) is 1. The van der Waals surface area contributed by atoms with E-state index in [1.165, 1.54) is 0 Å². The molecule has 6 heteroatoms. The molecule has 0 amide bonds. The first kappa shape index (κ1) is 12.3. The van der Waals surface area contributed by atoms with Crippen LogP contribution in [0.4, 0.5) is 17.6 Å². The molecule has 0 aromatic carbocycles. The Morgan fingerprint density at radius 3 is 2.53 bits per heavy atom. The Labute approximate surface area is 84.3 Å². The first-order valence-electron chi connectivity index (χ1n) is 4.72. The Bertz CT molecular complexity index is 251. The van der Waals surface area contributed by atoms with Gasteiger partial charge in [0.2, 0.25) is 5.67 Å². The van der Waals surface area contributed by atoms with Gasteiger partial charge < -0.3 is 5.11 Å². The van der Waals surface area contributed by atoms with Crippen molar-refractivity contribution in [1.29, 1.82) is 0 Å². The van der Waals surface area contributed by atoms with E-state index in [1.807, 2.05) is 0 Å². The van der Waals surface area contributed by atoms with Crippen molar-refractivity contribution in [3.63, 3.8) is 0 Å². The van der Waals surface area contributed by atoms with Gasteiger partial charge in [-0.25, -0.2) is 4.39 Å². The molecule has 2 nitrogen and oxygen atoms in total. The normalized spacial score (nSPS) is 32.7. The van der Waals surface area contributed by atoms with Crippen LogP contribution in [0.1, 0.15) is 32.1 Å². The van der Waals surface area contributed by atoms with E-state index in [9.17, 15) is 22.4 Å². The fourth-order valence-corrected chi connectivity index (χ4v) is 2.01. The first-order chi connectivity index (χ1) is 6.74. The minimum Gasteiger partial charge on any atom is -0.481 e. The fraction of sp³-hybridized carbons (Fsp3) is 0.889. The molecule has 15 heavy (non-hydrogen) atoms. The molecule has 0 saturated heterocycles. The maximum atomic E-state index is 13.5. The van der Waals surface area contributed by atoms with Gasteiger partial charge in [-0.2, -0.15) is 13.2 Å². The minimum absolute atomic E-state index is 0.0912. The highest BCUT2D eigenvalue weighted by Gasteiger charge is 2.57. The second-order valence-corrected chi connectivity index (χ2v) is 4.02. The lowest BCUT2D eigenvalue weighted by atomic mass is 9.77. The van der Waals surface area contributed by atoms with Crippen LogP contribution in [0.2, 0.25) is 0 Å². The summed E-state index contributed by atoms with van der Waals surface area (Å²) >= 11 is 0. The van der Waals surface area contributed by atoms with Gasteiger partial charge in [0.05, 0.1) is 0 Å². The summed E-state index contributed by atoms with van der Waals surface area (Å²) in [5.74, 6) is -1.88. The van der Waals surface area contributed by atoms with Gasteiger partial charge in [0.25, 0.3) is 0 Å². The molecular formula is C9H12F4O2. The predicted molar refractivity (Wildman–Crippen MR) is 44.1 cm³/mol. The predicted octanol–water partition coefficient (Wildman–Crippen LogP) is 2.92. The van der Waals surface area contributed by atoms with E-state index in [0.29, 0.717) is 6.42 Å². The number of carboxylic acid groups (broad SMARTS) is 1. The average molecular weight is 228 g/mol. The van der Waals surface area contributed by atoms with Crippen molar-refractivity contribution in [3.8, 4) is 0 Å². The van der Waals surface area contributed by atoms with Crippen molar-refractivity contribution in [2.45, 2.75) is 43.9 Å². The smallest absolute Gasteiger partial charge is 0.422 e. The lowest BCUT2D eigenvalue weighted by molar-refractivity contribution is -0.244. The van der Waals surface area contributed by atoms with Crippen LogP contribution < -0.4 is 0 Å². The Kier molecular flexibility index (Phi) is 3.25. The fourth-order valence-electron chi connectivity index (χ4n) is 2.01. The van der Waals surface area contributed by atoms with E-state index in [0.717, 1.165) is 0 Å². The van der Waals surface area contributed by atoms with Gasteiger partial charge in [0, 0.05) is 6.42 Å². The third-order valence-corrected chi connectivity index (χ3v) is 2.77. The highest BCUT2D eigenvalue weighted by Crippen LogP contribution is 2.47. The van der Waals surface area contributed by atoms with Crippen molar-refractivity contribution >= 4 is 5.97 Å². The average Bonchev–Trinajstić information content (AvgIpc) is 2.00. The summed E-state index contributed by atoms with van der Waals surface area (Å²) in [5, 5.41) is 8.44. The highest BCUT2D eigenvalue weighted by atomic mass is 19.4. The lowest BCUT2D eigenvalue weighted by Crippen LogP contribution is -2.45. The van der Waals surface area contributed by atoms with Gasteiger partial charge in [-0.05, 0) is 31.6 Å². The maximum Gasteiger partial charge on any atom is 0.422 e. The third-order valence-electron chi connectivity index (χ3n) is 2.77. The molecule has 1 N–H and O–H groups in total. The Morgan fingerprint density at radius 2 is 2.07 bits per heavy atom. The number of alkyl halides is 4. The van der Waals surface area contributed by atoms with Crippen molar-refractivity contribution in [3.05, 3.63) is 0 Å². The van der Waals surface area contributed by atoms with E-state index >= 15 is 0 Å². The zero-order valence-electron chi connectivity index (χ0n) is 7.98. The summed E-state index contributed by atoms with van der Waals surface area (Å²) in [6, 6.07) is 0. The maximum absolute atomic E-state index is 13.5. The molecule has 0 heterocycles. The summed E-state index contributed by atoms with van der Waals surface area (Å²) in [7, 11) is 0. The number of hydrogen-bond acceptors (Lipinski definition) is 1. The van der Waals surface area contributed by atoms with Crippen molar-refractivity contribution in [2.24, 2.45) is 5.92 Å². The van der Waals surface area contributed by atoms with Crippen LogP contribution in [0.15, 0.2) is 0 Å². The van der Waals surface area contributed by atoms with E-state index in [1.54, 1.807) is 0 Å². The summed E-state index contributed by atoms with van der Waals surface area (Å²) in [6.45, 7) is 0. The van der Waals surface area contributed by atoms with Gasteiger partial charge in [-0.1, -0.05) is 0 Å². The van der Waals surface area contributed by atoms with Crippen LogP contribution in [-0.2, 0) is 4.79 Å². The number of rotatable bonds is 2. The number of halogens is 4. The van der Waals surface area contributed by atoms with Crippen LogP contribution in [0.3, 0.4) is 0 Å². The monoisotopic (exact) mass is 228 g/mol. The van der Waals surface area contributed by atoms with E-state index in [-0.39, 0.29) is 12.8 Å². The highest BCUT2D eigenvalue weighted by molar-refractivity contribution is 5.67. The van der Waals surface area contributed by atoms with Gasteiger partial charge in [-0.15, -0.1) is 0 Å². The molecule has 0 aromatic rings. The zero-order valence-corrected chi connectivity index (χ0v) is 7.98. The molecule has 1 aliphatic carbocycles. The van der Waals surface area contributed by atoms with Crippen LogP contribution >= 0.6 is 0 Å². The van der Waals surface area contributed by atoms with Crippen molar-refractivity contribution in [2.75, 3.05) is 0 Å². The molecule has 1 saturated carbocycles. The van der Waals surface area contributed by atoms with Crippen LogP contribution in [0.5, 0.6) is 0 Å². The molecule has 0 spiro atoms. The van der Waals surface area contributed by atoms with Crippen LogP contribution in [-0.4, -0.2) is 22.9 Å². The van der Waals surface area contributed by atoms with Crippen molar-refractivity contribution < 1.29 is 27.5 Å². The molecule has 88 valence electrons. The zero-order chi connectivity index (χ0) is 11.7. The lowest BCUT2D eigenvalue weighted by Gasteiger charge is -2.35. The van der Waals surface area contributed by atoms with Gasteiger partial charge in [0.15, 0.2) is 0 Å². The van der Waals surface area contributed by atoms with Gasteiger partial charge >= 0.3 is 12.1 Å². The summed E-state index contributed by atoms with van der Waals surface area (Å²) in [6.07, 6.45) is -6.09. The number of aliphatic carboxylic acids is 1. The van der Waals surface area contributed by atoms with E-state index < -0.39 is 36.6 Å². The quantitative estimate of drug-likeness (QED) is 0.738. The van der Waals surface area contributed by atoms with Crippen LogP contribution in [0, 0.1) is 5.92 Å². The molecule has 1 aliphatic rings. The topological polar surface area (TPSA) is 37.3 Å². The molecule has 2 unspecified atom stereocenters. The third kappa shape index (κ3) is 2.82. The Balaban J connectivity index is 2.67. The largest absolute Gasteiger partial charge is 0.481 e. The SMILES string of the molecule is O=C(O)CC1CCCC(F)(C(F)(F)F)C1. The second-order valence-electron chi connectivity index (χ2n) is 4.02. The molecule has 0 aromatic heterocycles. The van der Waals surface area contributed by atoms with Gasteiger partial charge in [0.1, 0.15) is 0 Å². The van der Waals surface area contributed by atoms with E-state index in [4.69, 9.17) is 5.11 Å². The van der Waals surface area contributed by atoms with Gasteiger partial charge in [-0.3, -0.25) is 4.79 Å². The second kappa shape index (κ2) is 3.98. The minimum atomic E-state index is -4.88. The molecule has 0 aliphatic heterocycles. The Hall–Kier alpha value is -0.810. The molecule has 1 rings (SSSR count). The molecule has 0 bridgehead atoms. The summed E-state index contributed by atoms with van der Waals surface area (Å²) in [5.41, 5.74) is -3.19. The molecular weight excluding hydrogens is 216 g/mol. The number of carboxylic acids is 1. The summed E-state index contributed by atoms with van der Waals surface area (Å²) < 4.78 is 50.4. The molecule has 2 atom stereocenters. The first-order valence-corrected chi connectivity index (χ1v) is 4.72. The summed E-state index contributed by atoms with van der Waals surface area (Å²) in [4.78, 5) is 10.3. The number of carbonyl (C=O) groups is 1. The molecule has 0 radical (unpaired) electrons. The Morgan fingerprint density at radius 1 is 1.47 bits per heavy atom. The van der Waals surface area contributed by atoms with Crippen LogP contribution in [0.25, 0.3) is 0 Å². The van der Waals surface area contributed by atoms with Crippen molar-refractivity contribution in [1.82, 2.24) is 0 Å². The van der Waals surface area contributed by atoms with E-state index in [2.05, 4.69) is 0 Å². The standard InChI is InChI=1S/C9H12F4O2/c10-8(9(11,12)13)3-1-2-6(5-8)4-7(14)15/h6H,1-5H2,(H,14,15).